The zero-order chi connectivity index (χ0) is 22.5. The highest BCUT2D eigenvalue weighted by Crippen LogP contribution is 2.44. The van der Waals surface area contributed by atoms with E-state index in [9.17, 15) is 14.7 Å². The number of amides is 1. The van der Waals surface area contributed by atoms with Crippen LogP contribution in [-0.4, -0.2) is 42.5 Å². The number of benzene rings is 2. The van der Waals surface area contributed by atoms with Gasteiger partial charge in [-0.15, -0.1) is 0 Å². The maximum atomic E-state index is 12.7. The van der Waals surface area contributed by atoms with E-state index >= 15 is 0 Å². The molecular weight excluding hydrogens is 404 g/mol. The van der Waals surface area contributed by atoms with Crippen molar-refractivity contribution < 1.29 is 14.7 Å². The number of nitrogens with one attached hydrogen (secondary N) is 3. The van der Waals surface area contributed by atoms with Gasteiger partial charge in [0.05, 0.1) is 0 Å². The Bertz CT molecular complexity index is 1030. The van der Waals surface area contributed by atoms with E-state index in [-0.39, 0.29) is 24.2 Å². The van der Waals surface area contributed by atoms with Crippen LogP contribution in [0.3, 0.4) is 0 Å². The van der Waals surface area contributed by atoms with Crippen molar-refractivity contribution in [3.8, 4) is 0 Å². The third-order valence-electron chi connectivity index (χ3n) is 5.77. The minimum absolute atomic E-state index is 0.00222. The number of hydrogen-bond donors (Lipinski definition) is 4. The van der Waals surface area contributed by atoms with E-state index < -0.39 is 0 Å². The summed E-state index contributed by atoms with van der Waals surface area (Å²) in [6, 6.07) is 13.1. The van der Waals surface area contributed by atoms with Crippen molar-refractivity contribution in [2.45, 2.75) is 38.5 Å². The largest absolute Gasteiger partial charge is 0.396 e. The number of aliphatic hydroxyl groups is 1. The Morgan fingerprint density at radius 1 is 1.19 bits per heavy atom. The molecule has 2 aromatic carbocycles. The fraction of sp³-hybridized carbons (Fsp3) is 0.400. The first kappa shape index (κ1) is 22.0. The Balaban J connectivity index is 1.50. The molecule has 2 aliphatic rings. The number of hydrogen-bond acceptors (Lipinski definition) is 6. The number of rotatable bonds is 8. The first-order valence-corrected chi connectivity index (χ1v) is 11.3. The van der Waals surface area contributed by atoms with Crippen LogP contribution in [0.2, 0.25) is 0 Å². The second-order valence-corrected chi connectivity index (χ2v) is 8.66. The third kappa shape index (κ3) is 5.53. The highest BCUT2D eigenvalue weighted by Gasteiger charge is 2.27. The first-order chi connectivity index (χ1) is 15.5. The van der Waals surface area contributed by atoms with Crippen LogP contribution in [0.1, 0.15) is 64.8 Å². The lowest BCUT2D eigenvalue weighted by Crippen LogP contribution is -2.43. The van der Waals surface area contributed by atoms with Gasteiger partial charge in [-0.3, -0.25) is 19.9 Å². The highest BCUT2D eigenvalue weighted by molar-refractivity contribution is 6.06. The first-order valence-electron chi connectivity index (χ1n) is 11.3. The van der Waals surface area contributed by atoms with Gasteiger partial charge in [0.2, 0.25) is 0 Å². The Morgan fingerprint density at radius 3 is 2.75 bits per heavy atom. The van der Waals surface area contributed by atoms with Gasteiger partial charge in [0.1, 0.15) is 0 Å². The molecule has 1 aliphatic carbocycles. The third-order valence-corrected chi connectivity index (χ3v) is 5.77. The predicted molar refractivity (Wildman–Crippen MR) is 126 cm³/mol. The molecule has 1 atom stereocenters. The fourth-order valence-electron chi connectivity index (χ4n) is 3.77. The molecule has 7 heteroatoms. The van der Waals surface area contributed by atoms with Crippen molar-refractivity contribution in [3.63, 3.8) is 0 Å². The van der Waals surface area contributed by atoms with E-state index in [1.807, 2.05) is 43.3 Å². The number of ketones is 1. The van der Waals surface area contributed by atoms with Crippen LogP contribution >= 0.6 is 0 Å². The standard InChI is InChI=1S/C25H30N4O3/c1-16(15-30)12-23(31)18-4-2-5-20(13-18)28-22-9-8-19(14-21(22)17-6-7-17)24(32)29-25-26-10-3-11-27-25/h2,4-5,8-9,13-14,16-17,28,30H,3,6-7,10-12,15H2,1H3,(H2,26,27,29,32). The molecule has 1 saturated carbocycles. The van der Waals surface area contributed by atoms with Crippen molar-refractivity contribution in [2.24, 2.45) is 10.9 Å². The molecule has 0 saturated heterocycles. The van der Waals surface area contributed by atoms with Gasteiger partial charge >= 0.3 is 0 Å². The minimum atomic E-state index is -0.169. The lowest BCUT2D eigenvalue weighted by Gasteiger charge is -2.17. The van der Waals surface area contributed by atoms with E-state index in [0.29, 0.717) is 29.4 Å². The zero-order valence-electron chi connectivity index (χ0n) is 18.4. The van der Waals surface area contributed by atoms with Crippen LogP contribution in [0.5, 0.6) is 0 Å². The summed E-state index contributed by atoms with van der Waals surface area (Å²) in [4.78, 5) is 29.5. The number of aliphatic imine (C=N–C) groups is 1. The molecule has 0 spiro atoms. The molecule has 0 aromatic heterocycles. The number of aliphatic hydroxyl groups excluding tert-OH is 1. The highest BCUT2D eigenvalue weighted by atomic mass is 16.3. The summed E-state index contributed by atoms with van der Waals surface area (Å²) in [6.07, 6.45) is 3.49. The Morgan fingerprint density at radius 2 is 2.03 bits per heavy atom. The molecule has 32 heavy (non-hydrogen) atoms. The molecule has 1 amide bonds. The van der Waals surface area contributed by atoms with E-state index in [4.69, 9.17) is 0 Å². The average Bonchev–Trinajstić information content (AvgIpc) is 3.65. The molecule has 2 aromatic rings. The molecule has 1 heterocycles. The molecule has 1 aliphatic heterocycles. The van der Waals surface area contributed by atoms with E-state index in [1.165, 1.54) is 0 Å². The van der Waals surface area contributed by atoms with Gasteiger partial charge in [0.15, 0.2) is 11.7 Å². The van der Waals surface area contributed by atoms with Gasteiger partial charge < -0.3 is 15.7 Å². The maximum Gasteiger partial charge on any atom is 0.257 e. The summed E-state index contributed by atoms with van der Waals surface area (Å²) in [5, 5.41) is 18.6. The van der Waals surface area contributed by atoms with Gasteiger partial charge in [-0.25, -0.2) is 0 Å². The summed E-state index contributed by atoms with van der Waals surface area (Å²) in [7, 11) is 0. The Labute approximate surface area is 188 Å². The van der Waals surface area contributed by atoms with Gasteiger partial charge in [-0.05, 0) is 67.0 Å². The van der Waals surface area contributed by atoms with Crippen molar-refractivity contribution in [1.82, 2.24) is 10.6 Å². The molecule has 4 rings (SSSR count). The molecule has 0 bridgehead atoms. The SMILES string of the molecule is CC(CO)CC(=O)c1cccc(Nc2ccc(C(=O)NC3=NCCCN3)cc2C2CC2)c1. The predicted octanol–water partition coefficient (Wildman–Crippen LogP) is 3.59. The van der Waals surface area contributed by atoms with E-state index in [1.54, 1.807) is 6.07 Å². The summed E-state index contributed by atoms with van der Waals surface area (Å²) in [6.45, 7) is 3.39. The molecule has 4 N–H and O–H groups in total. The van der Waals surface area contributed by atoms with Gasteiger partial charge in [0, 0.05) is 48.6 Å². The molecular formula is C25H30N4O3. The van der Waals surface area contributed by atoms with Gasteiger partial charge in [-0.1, -0.05) is 19.1 Å². The summed E-state index contributed by atoms with van der Waals surface area (Å²) in [5.41, 5.74) is 4.12. The zero-order valence-corrected chi connectivity index (χ0v) is 18.4. The lowest BCUT2D eigenvalue weighted by atomic mass is 9.99. The quantitative estimate of drug-likeness (QED) is 0.476. The molecule has 0 radical (unpaired) electrons. The van der Waals surface area contributed by atoms with Crippen LogP contribution in [-0.2, 0) is 0 Å². The molecule has 1 unspecified atom stereocenters. The van der Waals surface area contributed by atoms with Crippen LogP contribution < -0.4 is 16.0 Å². The molecule has 7 nitrogen and oxygen atoms in total. The minimum Gasteiger partial charge on any atom is -0.396 e. The molecule has 1 fully saturated rings. The van der Waals surface area contributed by atoms with Crippen molar-refractivity contribution in [1.29, 1.82) is 0 Å². The smallest absolute Gasteiger partial charge is 0.257 e. The van der Waals surface area contributed by atoms with Crippen molar-refractivity contribution in [2.75, 3.05) is 25.0 Å². The van der Waals surface area contributed by atoms with Crippen LogP contribution in [0.25, 0.3) is 0 Å². The van der Waals surface area contributed by atoms with Crippen LogP contribution in [0.15, 0.2) is 47.5 Å². The van der Waals surface area contributed by atoms with Crippen molar-refractivity contribution >= 4 is 29.0 Å². The Kier molecular flexibility index (Phi) is 6.85. The number of guanidine groups is 1. The number of anilines is 2. The van der Waals surface area contributed by atoms with Gasteiger partial charge in [0.25, 0.3) is 5.91 Å². The monoisotopic (exact) mass is 434 g/mol. The maximum absolute atomic E-state index is 12.7. The van der Waals surface area contributed by atoms with E-state index in [2.05, 4.69) is 20.9 Å². The average molecular weight is 435 g/mol. The van der Waals surface area contributed by atoms with Gasteiger partial charge in [-0.2, -0.15) is 0 Å². The Hall–Kier alpha value is -3.19. The summed E-state index contributed by atoms with van der Waals surface area (Å²) >= 11 is 0. The number of carbonyl (C=O) groups is 2. The second-order valence-electron chi connectivity index (χ2n) is 8.66. The van der Waals surface area contributed by atoms with Crippen molar-refractivity contribution in [3.05, 3.63) is 59.2 Å². The van der Waals surface area contributed by atoms with E-state index in [0.717, 1.165) is 49.3 Å². The normalized spacial score (nSPS) is 16.5. The van der Waals surface area contributed by atoms with Crippen LogP contribution in [0, 0.1) is 5.92 Å². The van der Waals surface area contributed by atoms with Crippen LogP contribution in [0.4, 0.5) is 11.4 Å². The number of Topliss-reactive ketones (excluding diaryl/α,β-unsaturated/α-hetero) is 1. The second kappa shape index (κ2) is 9.96. The number of carbonyl (C=O) groups excluding carboxylic acids is 2. The fourth-order valence-corrected chi connectivity index (χ4v) is 3.77. The lowest BCUT2D eigenvalue weighted by molar-refractivity contribution is 0.0941. The topological polar surface area (TPSA) is 103 Å². The summed E-state index contributed by atoms with van der Waals surface area (Å²) < 4.78 is 0. The number of nitrogens with zero attached hydrogens (tertiary/aromatic N) is 1. The summed E-state index contributed by atoms with van der Waals surface area (Å²) in [5.74, 6) is 0.758. The molecule has 168 valence electrons.